The van der Waals surface area contributed by atoms with Crippen molar-refractivity contribution in [3.63, 3.8) is 0 Å². The standard InChI is InChI=1S/C25H20O4/c26-15-20-14-19(12-13-23(20)27)21-10-4-8-18-9-5-11-22(24(18)21)25(28)29-16-17-6-2-1-3-7-17/h1-11,14-15,27H,12-13,16H2. The smallest absolute Gasteiger partial charge is 0.339 e. The van der Waals surface area contributed by atoms with E-state index in [4.69, 9.17) is 4.74 Å². The van der Waals surface area contributed by atoms with E-state index >= 15 is 0 Å². The SMILES string of the molecule is O=CC1=C(O)CCC(c2cccc3cccc(C(=O)OCc4ccccc4)c23)=C1. The molecule has 0 aromatic heterocycles. The van der Waals surface area contributed by atoms with Crippen LogP contribution in [0.5, 0.6) is 0 Å². The summed E-state index contributed by atoms with van der Waals surface area (Å²) in [6.45, 7) is 0.201. The first-order valence-corrected chi connectivity index (χ1v) is 9.48. The molecular formula is C25H20O4. The number of esters is 1. The molecule has 1 aliphatic carbocycles. The second kappa shape index (κ2) is 8.15. The van der Waals surface area contributed by atoms with Crippen molar-refractivity contribution in [2.45, 2.75) is 19.4 Å². The lowest BCUT2D eigenvalue weighted by Gasteiger charge is -2.17. The molecule has 4 heteroatoms. The Kier molecular flexibility index (Phi) is 5.25. The van der Waals surface area contributed by atoms with E-state index < -0.39 is 5.97 Å². The number of aliphatic hydroxyl groups excluding tert-OH is 1. The number of allylic oxidation sites excluding steroid dienone is 4. The molecule has 0 atom stereocenters. The highest BCUT2D eigenvalue weighted by Crippen LogP contribution is 2.35. The number of benzene rings is 3. The average Bonchev–Trinajstić information content (AvgIpc) is 2.77. The summed E-state index contributed by atoms with van der Waals surface area (Å²) < 4.78 is 5.56. The Morgan fingerprint density at radius 3 is 2.48 bits per heavy atom. The van der Waals surface area contributed by atoms with Gasteiger partial charge in [-0.1, -0.05) is 60.7 Å². The first kappa shape index (κ1) is 18.7. The van der Waals surface area contributed by atoms with E-state index in [1.165, 1.54) is 0 Å². The van der Waals surface area contributed by atoms with E-state index in [1.54, 1.807) is 12.1 Å². The molecule has 3 aromatic carbocycles. The van der Waals surface area contributed by atoms with Gasteiger partial charge in [-0.2, -0.15) is 0 Å². The lowest BCUT2D eigenvalue weighted by Crippen LogP contribution is -2.07. The number of fused-ring (bicyclic) bond motifs is 1. The van der Waals surface area contributed by atoms with Crippen LogP contribution in [-0.4, -0.2) is 17.4 Å². The number of rotatable bonds is 5. The van der Waals surface area contributed by atoms with Crippen LogP contribution < -0.4 is 0 Å². The molecule has 0 heterocycles. The predicted molar refractivity (Wildman–Crippen MR) is 112 cm³/mol. The summed E-state index contributed by atoms with van der Waals surface area (Å²) in [5.74, 6) is -0.288. The van der Waals surface area contributed by atoms with Crippen molar-refractivity contribution in [1.82, 2.24) is 0 Å². The largest absolute Gasteiger partial charge is 0.512 e. The maximum absolute atomic E-state index is 12.9. The molecule has 1 aliphatic rings. The summed E-state index contributed by atoms with van der Waals surface area (Å²) >= 11 is 0. The lowest BCUT2D eigenvalue weighted by molar-refractivity contribution is -0.104. The van der Waals surface area contributed by atoms with E-state index in [0.717, 1.165) is 27.5 Å². The molecule has 3 aromatic rings. The summed E-state index contributed by atoms with van der Waals surface area (Å²) in [6, 6.07) is 20.9. The van der Waals surface area contributed by atoms with Gasteiger partial charge in [0.15, 0.2) is 6.29 Å². The fraction of sp³-hybridized carbons (Fsp3) is 0.120. The number of hydrogen-bond acceptors (Lipinski definition) is 4. The third kappa shape index (κ3) is 3.83. The van der Waals surface area contributed by atoms with Gasteiger partial charge in [-0.15, -0.1) is 0 Å². The van der Waals surface area contributed by atoms with Crippen LogP contribution in [0.4, 0.5) is 0 Å². The van der Waals surface area contributed by atoms with Crippen LogP contribution in [0.2, 0.25) is 0 Å². The van der Waals surface area contributed by atoms with Crippen molar-refractivity contribution in [3.05, 3.63) is 101 Å². The Morgan fingerprint density at radius 1 is 0.966 bits per heavy atom. The molecule has 0 amide bonds. The minimum Gasteiger partial charge on any atom is -0.512 e. The van der Waals surface area contributed by atoms with E-state index in [2.05, 4.69) is 0 Å². The average molecular weight is 384 g/mol. The number of ether oxygens (including phenoxy) is 1. The zero-order valence-corrected chi connectivity index (χ0v) is 15.8. The van der Waals surface area contributed by atoms with Crippen molar-refractivity contribution in [1.29, 1.82) is 0 Å². The molecule has 0 radical (unpaired) electrons. The topological polar surface area (TPSA) is 63.6 Å². The zero-order chi connectivity index (χ0) is 20.2. The second-order valence-corrected chi connectivity index (χ2v) is 6.96. The van der Waals surface area contributed by atoms with Crippen LogP contribution in [0.15, 0.2) is 84.1 Å². The molecule has 0 fully saturated rings. The van der Waals surface area contributed by atoms with Gasteiger partial charge in [-0.25, -0.2) is 4.79 Å². The first-order chi connectivity index (χ1) is 14.2. The predicted octanol–water partition coefficient (Wildman–Crippen LogP) is 5.39. The van der Waals surface area contributed by atoms with Crippen LogP contribution in [0.3, 0.4) is 0 Å². The van der Waals surface area contributed by atoms with E-state index in [1.807, 2.05) is 60.7 Å². The third-order valence-electron chi connectivity index (χ3n) is 5.10. The number of aliphatic hydroxyl groups is 1. The quantitative estimate of drug-likeness (QED) is 0.473. The molecule has 4 nitrogen and oxygen atoms in total. The Labute approximate surface area is 168 Å². The van der Waals surface area contributed by atoms with Crippen molar-refractivity contribution in [3.8, 4) is 0 Å². The number of hydrogen-bond donors (Lipinski definition) is 1. The van der Waals surface area contributed by atoms with Crippen LogP contribution in [0.25, 0.3) is 16.3 Å². The Morgan fingerprint density at radius 2 is 1.72 bits per heavy atom. The highest BCUT2D eigenvalue weighted by Gasteiger charge is 2.19. The molecule has 4 rings (SSSR count). The Balaban J connectivity index is 1.74. The molecule has 144 valence electrons. The fourth-order valence-electron chi connectivity index (χ4n) is 3.63. The van der Waals surface area contributed by atoms with Crippen LogP contribution in [0.1, 0.15) is 34.3 Å². The van der Waals surface area contributed by atoms with E-state index in [0.29, 0.717) is 24.7 Å². The maximum atomic E-state index is 12.9. The van der Waals surface area contributed by atoms with Crippen molar-refractivity contribution < 1.29 is 19.4 Å². The van der Waals surface area contributed by atoms with Crippen molar-refractivity contribution >= 4 is 28.6 Å². The van der Waals surface area contributed by atoms with Gasteiger partial charge >= 0.3 is 5.97 Å². The lowest BCUT2D eigenvalue weighted by atomic mass is 9.88. The maximum Gasteiger partial charge on any atom is 0.339 e. The normalized spacial score (nSPS) is 13.9. The third-order valence-corrected chi connectivity index (χ3v) is 5.10. The number of carbonyl (C=O) groups excluding carboxylic acids is 2. The zero-order valence-electron chi connectivity index (χ0n) is 15.8. The summed E-state index contributed by atoms with van der Waals surface area (Å²) in [5.41, 5.74) is 3.49. The molecule has 1 N–H and O–H groups in total. The second-order valence-electron chi connectivity index (χ2n) is 6.96. The highest BCUT2D eigenvalue weighted by molar-refractivity contribution is 6.09. The number of carbonyl (C=O) groups is 2. The van der Waals surface area contributed by atoms with Crippen molar-refractivity contribution in [2.24, 2.45) is 0 Å². The summed E-state index contributed by atoms with van der Waals surface area (Å²) in [4.78, 5) is 24.2. The molecule has 0 saturated heterocycles. The summed E-state index contributed by atoms with van der Waals surface area (Å²) in [6.07, 6.45) is 3.36. The molecule has 0 bridgehead atoms. The summed E-state index contributed by atoms with van der Waals surface area (Å²) in [7, 11) is 0. The van der Waals surface area contributed by atoms with Crippen LogP contribution >= 0.6 is 0 Å². The molecule has 0 spiro atoms. The first-order valence-electron chi connectivity index (χ1n) is 9.48. The van der Waals surface area contributed by atoms with Gasteiger partial charge in [-0.05, 0) is 40.6 Å². The monoisotopic (exact) mass is 384 g/mol. The van der Waals surface area contributed by atoms with E-state index in [9.17, 15) is 14.7 Å². The minimum absolute atomic E-state index is 0.103. The molecule has 0 aliphatic heterocycles. The van der Waals surface area contributed by atoms with Gasteiger partial charge in [0, 0.05) is 11.8 Å². The molecule has 0 saturated carbocycles. The molecular weight excluding hydrogens is 364 g/mol. The van der Waals surface area contributed by atoms with Gasteiger partial charge < -0.3 is 9.84 Å². The van der Waals surface area contributed by atoms with Gasteiger partial charge in [0.1, 0.15) is 12.4 Å². The van der Waals surface area contributed by atoms with Crippen molar-refractivity contribution in [2.75, 3.05) is 0 Å². The fourth-order valence-corrected chi connectivity index (χ4v) is 3.63. The molecule has 0 unspecified atom stereocenters. The Hall–Kier alpha value is -3.66. The van der Waals surface area contributed by atoms with Crippen LogP contribution in [0, 0.1) is 0 Å². The molecule has 29 heavy (non-hydrogen) atoms. The minimum atomic E-state index is -0.391. The van der Waals surface area contributed by atoms with Gasteiger partial charge in [0.05, 0.1) is 11.1 Å². The summed E-state index contributed by atoms with van der Waals surface area (Å²) in [5, 5.41) is 11.6. The Bertz CT molecular complexity index is 1130. The highest BCUT2D eigenvalue weighted by atomic mass is 16.5. The van der Waals surface area contributed by atoms with Gasteiger partial charge in [-0.3, -0.25) is 4.79 Å². The van der Waals surface area contributed by atoms with Gasteiger partial charge in [0.2, 0.25) is 0 Å². The number of aldehydes is 1. The van der Waals surface area contributed by atoms with Gasteiger partial charge in [0.25, 0.3) is 0 Å². The van der Waals surface area contributed by atoms with Crippen LogP contribution in [-0.2, 0) is 16.1 Å². The van der Waals surface area contributed by atoms with E-state index in [-0.39, 0.29) is 17.9 Å².